The van der Waals surface area contributed by atoms with E-state index in [2.05, 4.69) is 5.32 Å². The fourth-order valence-electron chi connectivity index (χ4n) is 2.77. The SMILES string of the molecule is C[C@@H](Sc1ccc(F)c(Cl)c1)C(=O)Nc1sc2c(c1C(N)=O)CCC2. The van der Waals surface area contributed by atoms with Crippen LogP contribution in [0.15, 0.2) is 23.1 Å². The number of hydrogen-bond acceptors (Lipinski definition) is 4. The fourth-order valence-corrected chi connectivity index (χ4v) is 5.22. The lowest BCUT2D eigenvalue weighted by molar-refractivity contribution is -0.115. The minimum atomic E-state index is -0.514. The Bertz CT molecular complexity index is 853. The largest absolute Gasteiger partial charge is 0.365 e. The molecule has 132 valence electrons. The van der Waals surface area contributed by atoms with Crippen molar-refractivity contribution < 1.29 is 14.0 Å². The number of thiophene rings is 1. The Labute approximate surface area is 157 Å². The zero-order chi connectivity index (χ0) is 18.1. The number of carbonyl (C=O) groups is 2. The van der Waals surface area contributed by atoms with Crippen LogP contribution in [0.4, 0.5) is 9.39 Å². The molecule has 1 aliphatic carbocycles. The molecule has 0 bridgehead atoms. The van der Waals surface area contributed by atoms with Crippen molar-refractivity contribution in [2.75, 3.05) is 5.32 Å². The van der Waals surface area contributed by atoms with Crippen LogP contribution in [-0.2, 0) is 17.6 Å². The van der Waals surface area contributed by atoms with Crippen LogP contribution in [-0.4, -0.2) is 17.1 Å². The summed E-state index contributed by atoms with van der Waals surface area (Å²) in [6, 6.07) is 4.33. The van der Waals surface area contributed by atoms with E-state index in [0.29, 0.717) is 15.5 Å². The van der Waals surface area contributed by atoms with Crippen LogP contribution >= 0.6 is 34.7 Å². The van der Waals surface area contributed by atoms with Crippen LogP contribution in [0.2, 0.25) is 5.02 Å². The molecular formula is C17H16ClFN2O2S2. The lowest BCUT2D eigenvalue weighted by atomic mass is 10.1. The summed E-state index contributed by atoms with van der Waals surface area (Å²) >= 11 is 8.45. The van der Waals surface area contributed by atoms with Gasteiger partial charge in [-0.3, -0.25) is 9.59 Å². The van der Waals surface area contributed by atoms with Gasteiger partial charge in [0, 0.05) is 9.77 Å². The van der Waals surface area contributed by atoms with Gasteiger partial charge in [0.1, 0.15) is 10.8 Å². The van der Waals surface area contributed by atoms with Gasteiger partial charge in [-0.05, 0) is 49.9 Å². The van der Waals surface area contributed by atoms with E-state index in [9.17, 15) is 14.0 Å². The van der Waals surface area contributed by atoms with Gasteiger partial charge in [0.25, 0.3) is 5.91 Å². The number of aryl methyl sites for hydroxylation is 1. The van der Waals surface area contributed by atoms with Gasteiger partial charge in [0.05, 0.1) is 15.8 Å². The van der Waals surface area contributed by atoms with E-state index in [4.69, 9.17) is 17.3 Å². The van der Waals surface area contributed by atoms with Crippen LogP contribution < -0.4 is 11.1 Å². The normalized spacial score (nSPS) is 14.2. The fraction of sp³-hybridized carbons (Fsp3) is 0.294. The van der Waals surface area contributed by atoms with Crippen LogP contribution in [0.5, 0.6) is 0 Å². The zero-order valence-corrected chi connectivity index (χ0v) is 15.8. The second-order valence-corrected chi connectivity index (χ2v) is 8.68. The lowest BCUT2D eigenvalue weighted by Crippen LogP contribution is -2.24. The Morgan fingerprint density at radius 2 is 2.16 bits per heavy atom. The summed E-state index contributed by atoms with van der Waals surface area (Å²) < 4.78 is 13.2. The Balaban J connectivity index is 1.74. The first-order valence-electron chi connectivity index (χ1n) is 7.73. The Kier molecular flexibility index (Phi) is 5.36. The number of thioether (sulfide) groups is 1. The molecule has 25 heavy (non-hydrogen) atoms. The summed E-state index contributed by atoms with van der Waals surface area (Å²) in [6.45, 7) is 1.74. The van der Waals surface area contributed by atoms with Crippen LogP contribution in [0, 0.1) is 5.82 Å². The maximum atomic E-state index is 13.2. The van der Waals surface area contributed by atoms with Crippen molar-refractivity contribution in [1.29, 1.82) is 0 Å². The molecule has 0 aliphatic heterocycles. The highest BCUT2D eigenvalue weighted by Crippen LogP contribution is 2.39. The molecule has 2 aromatic rings. The smallest absolute Gasteiger partial charge is 0.251 e. The lowest BCUT2D eigenvalue weighted by Gasteiger charge is -2.12. The number of rotatable bonds is 5. The number of amides is 2. The highest BCUT2D eigenvalue weighted by molar-refractivity contribution is 8.00. The first kappa shape index (κ1) is 18.2. The summed E-state index contributed by atoms with van der Waals surface area (Å²) in [7, 11) is 0. The molecular weight excluding hydrogens is 383 g/mol. The topological polar surface area (TPSA) is 72.2 Å². The molecule has 1 atom stereocenters. The number of benzene rings is 1. The molecule has 4 nitrogen and oxygen atoms in total. The predicted octanol–water partition coefficient (Wildman–Crippen LogP) is 4.25. The number of carbonyl (C=O) groups excluding carboxylic acids is 2. The molecule has 8 heteroatoms. The van der Waals surface area contributed by atoms with E-state index >= 15 is 0 Å². The number of nitrogens with one attached hydrogen (secondary N) is 1. The average molecular weight is 399 g/mol. The second kappa shape index (κ2) is 7.35. The molecule has 0 spiro atoms. The third kappa shape index (κ3) is 3.83. The molecule has 1 heterocycles. The number of anilines is 1. The molecule has 0 saturated heterocycles. The number of fused-ring (bicyclic) bond motifs is 1. The molecule has 2 amide bonds. The van der Waals surface area contributed by atoms with Crippen molar-refractivity contribution in [2.24, 2.45) is 5.73 Å². The summed E-state index contributed by atoms with van der Waals surface area (Å²) in [6.07, 6.45) is 2.74. The minimum Gasteiger partial charge on any atom is -0.365 e. The molecule has 0 unspecified atom stereocenters. The Morgan fingerprint density at radius 1 is 1.40 bits per heavy atom. The van der Waals surface area contributed by atoms with Crippen molar-refractivity contribution in [3.8, 4) is 0 Å². The van der Waals surface area contributed by atoms with Gasteiger partial charge < -0.3 is 11.1 Å². The number of halogens is 2. The van der Waals surface area contributed by atoms with E-state index in [-0.39, 0.29) is 10.9 Å². The van der Waals surface area contributed by atoms with Crippen molar-refractivity contribution >= 4 is 51.5 Å². The van der Waals surface area contributed by atoms with E-state index in [1.807, 2.05) is 0 Å². The highest BCUT2D eigenvalue weighted by Gasteiger charge is 2.27. The molecule has 1 aromatic heterocycles. The molecule has 0 fully saturated rings. The van der Waals surface area contributed by atoms with Gasteiger partial charge >= 0.3 is 0 Å². The second-order valence-electron chi connectivity index (χ2n) is 5.75. The molecule has 0 radical (unpaired) electrons. The average Bonchev–Trinajstić information content (AvgIpc) is 3.10. The molecule has 1 aromatic carbocycles. The number of hydrogen-bond donors (Lipinski definition) is 2. The first-order valence-corrected chi connectivity index (χ1v) is 9.81. The molecule has 3 N–H and O–H groups in total. The van der Waals surface area contributed by atoms with Gasteiger partial charge in [-0.25, -0.2) is 4.39 Å². The highest BCUT2D eigenvalue weighted by atomic mass is 35.5. The standard InChI is InChI=1S/C17H16ClFN2O2S2/c1-8(24-9-5-6-12(19)11(18)7-9)16(23)21-17-14(15(20)22)10-3-2-4-13(10)25-17/h5-8H,2-4H2,1H3,(H2,20,22)(H,21,23)/t8-/m1/s1. The van der Waals surface area contributed by atoms with E-state index in [1.165, 1.54) is 35.2 Å². The van der Waals surface area contributed by atoms with Crippen LogP contribution in [0.3, 0.4) is 0 Å². The van der Waals surface area contributed by atoms with E-state index < -0.39 is 17.0 Å². The van der Waals surface area contributed by atoms with Crippen molar-refractivity contribution in [3.05, 3.63) is 45.0 Å². The monoisotopic (exact) mass is 398 g/mol. The minimum absolute atomic E-state index is 0.0169. The van der Waals surface area contributed by atoms with Gasteiger partial charge in [0.2, 0.25) is 5.91 Å². The van der Waals surface area contributed by atoms with Gasteiger partial charge in [-0.15, -0.1) is 23.1 Å². The van der Waals surface area contributed by atoms with E-state index in [1.54, 1.807) is 13.0 Å². The van der Waals surface area contributed by atoms with Crippen molar-refractivity contribution in [3.63, 3.8) is 0 Å². The third-order valence-corrected chi connectivity index (χ3v) is 6.57. The summed E-state index contributed by atoms with van der Waals surface area (Å²) in [4.78, 5) is 26.1. The third-order valence-electron chi connectivity index (χ3n) is 3.98. The number of nitrogens with two attached hydrogens (primary N) is 1. The Hall–Kier alpha value is -1.57. The zero-order valence-electron chi connectivity index (χ0n) is 13.4. The van der Waals surface area contributed by atoms with Crippen LogP contribution in [0.1, 0.15) is 34.1 Å². The van der Waals surface area contributed by atoms with Gasteiger partial charge in [-0.1, -0.05) is 11.6 Å². The number of primary amides is 1. The van der Waals surface area contributed by atoms with Crippen molar-refractivity contribution in [1.82, 2.24) is 0 Å². The predicted molar refractivity (Wildman–Crippen MR) is 100 cm³/mol. The van der Waals surface area contributed by atoms with Crippen LogP contribution in [0.25, 0.3) is 0 Å². The molecule has 1 aliphatic rings. The summed E-state index contributed by atoms with van der Waals surface area (Å²) in [5, 5.41) is 2.91. The molecule has 3 rings (SSSR count). The summed E-state index contributed by atoms with van der Waals surface area (Å²) in [5.74, 6) is -1.25. The van der Waals surface area contributed by atoms with Gasteiger partial charge in [0.15, 0.2) is 0 Å². The summed E-state index contributed by atoms with van der Waals surface area (Å²) in [5.41, 5.74) is 6.91. The Morgan fingerprint density at radius 3 is 2.84 bits per heavy atom. The van der Waals surface area contributed by atoms with Gasteiger partial charge in [-0.2, -0.15) is 0 Å². The first-order chi connectivity index (χ1) is 11.9. The maximum Gasteiger partial charge on any atom is 0.251 e. The quantitative estimate of drug-likeness (QED) is 0.739. The van der Waals surface area contributed by atoms with Crippen molar-refractivity contribution in [2.45, 2.75) is 36.3 Å². The maximum absolute atomic E-state index is 13.2. The van der Waals surface area contributed by atoms with E-state index in [0.717, 1.165) is 29.7 Å². The molecule has 0 saturated carbocycles.